The summed E-state index contributed by atoms with van der Waals surface area (Å²) in [6.07, 6.45) is 2.23. The molecule has 2 aromatic rings. The van der Waals surface area contributed by atoms with Crippen molar-refractivity contribution in [3.8, 4) is 6.07 Å². The van der Waals surface area contributed by atoms with Gasteiger partial charge < -0.3 is 4.90 Å². The summed E-state index contributed by atoms with van der Waals surface area (Å²) in [5.41, 5.74) is 2.90. The molecule has 1 aliphatic heterocycles. The summed E-state index contributed by atoms with van der Waals surface area (Å²) in [5, 5.41) is 9.71. The summed E-state index contributed by atoms with van der Waals surface area (Å²) in [5.74, 6) is 0.148. The van der Waals surface area contributed by atoms with Crippen LogP contribution in [0.25, 0.3) is 0 Å². The summed E-state index contributed by atoms with van der Waals surface area (Å²) in [7, 11) is 0. The maximum Gasteiger partial charge on any atom is 0.254 e. The standard InChI is InChI=1S/C20H19ClN2O/c21-18-7-5-15(6-8-18)13-17-3-1-2-4-19(17)20(24)23-11-9-16(14-22)10-12-23/h1-8,16H,9-13H2. The largest absolute Gasteiger partial charge is 0.339 e. The van der Waals surface area contributed by atoms with Crippen molar-refractivity contribution in [2.45, 2.75) is 19.3 Å². The van der Waals surface area contributed by atoms with Gasteiger partial charge in [0, 0.05) is 29.6 Å². The smallest absolute Gasteiger partial charge is 0.254 e. The Kier molecular flexibility index (Phi) is 5.17. The minimum absolute atomic E-state index is 0.0657. The molecule has 1 fully saturated rings. The van der Waals surface area contributed by atoms with Crippen molar-refractivity contribution in [3.05, 3.63) is 70.2 Å². The molecule has 122 valence electrons. The maximum absolute atomic E-state index is 12.9. The van der Waals surface area contributed by atoms with Gasteiger partial charge in [0.05, 0.1) is 6.07 Å². The molecule has 0 spiro atoms. The zero-order valence-electron chi connectivity index (χ0n) is 13.4. The zero-order chi connectivity index (χ0) is 16.9. The number of benzene rings is 2. The first-order valence-corrected chi connectivity index (χ1v) is 8.56. The van der Waals surface area contributed by atoms with Crippen LogP contribution in [0.2, 0.25) is 5.02 Å². The van der Waals surface area contributed by atoms with Crippen molar-refractivity contribution >= 4 is 17.5 Å². The molecule has 0 atom stereocenters. The van der Waals surface area contributed by atoms with Crippen LogP contribution in [-0.2, 0) is 6.42 Å². The van der Waals surface area contributed by atoms with Crippen molar-refractivity contribution in [1.82, 2.24) is 4.90 Å². The highest BCUT2D eigenvalue weighted by molar-refractivity contribution is 6.30. The first-order chi connectivity index (χ1) is 11.7. The fourth-order valence-electron chi connectivity index (χ4n) is 3.09. The van der Waals surface area contributed by atoms with E-state index in [1.54, 1.807) is 0 Å². The second-order valence-electron chi connectivity index (χ2n) is 6.16. The summed E-state index contributed by atoms with van der Waals surface area (Å²) in [6, 6.07) is 17.8. The molecule has 4 heteroatoms. The van der Waals surface area contributed by atoms with E-state index in [1.807, 2.05) is 53.4 Å². The van der Waals surface area contributed by atoms with Gasteiger partial charge in [0.2, 0.25) is 0 Å². The number of nitrogens with zero attached hydrogens (tertiary/aromatic N) is 2. The molecular formula is C20H19ClN2O. The number of carbonyl (C=O) groups is 1. The Labute approximate surface area is 147 Å². The molecule has 0 bridgehead atoms. The minimum atomic E-state index is 0.0657. The molecule has 1 aliphatic rings. The lowest BCUT2D eigenvalue weighted by atomic mass is 9.96. The Balaban J connectivity index is 1.77. The summed E-state index contributed by atoms with van der Waals surface area (Å²) >= 11 is 5.94. The molecular weight excluding hydrogens is 320 g/mol. The Morgan fingerprint density at radius 3 is 2.46 bits per heavy atom. The molecule has 2 aromatic carbocycles. The highest BCUT2D eigenvalue weighted by Crippen LogP contribution is 2.22. The SMILES string of the molecule is N#CC1CCN(C(=O)c2ccccc2Cc2ccc(Cl)cc2)CC1. The van der Waals surface area contributed by atoms with E-state index in [1.165, 1.54) is 0 Å². The molecule has 0 radical (unpaired) electrons. The third kappa shape index (κ3) is 3.77. The van der Waals surface area contributed by atoms with Gasteiger partial charge in [-0.3, -0.25) is 4.79 Å². The van der Waals surface area contributed by atoms with Crippen LogP contribution in [0.15, 0.2) is 48.5 Å². The second kappa shape index (κ2) is 7.51. The molecule has 3 rings (SSSR count). The Bertz CT molecular complexity index is 756. The van der Waals surface area contributed by atoms with E-state index in [9.17, 15) is 4.79 Å². The molecule has 0 saturated carbocycles. The van der Waals surface area contributed by atoms with E-state index in [2.05, 4.69) is 6.07 Å². The Morgan fingerprint density at radius 1 is 1.12 bits per heavy atom. The number of piperidine rings is 1. The van der Waals surface area contributed by atoms with Gasteiger partial charge in [-0.1, -0.05) is 41.9 Å². The summed E-state index contributed by atoms with van der Waals surface area (Å²) < 4.78 is 0. The van der Waals surface area contributed by atoms with Gasteiger partial charge in [-0.25, -0.2) is 0 Å². The third-order valence-electron chi connectivity index (χ3n) is 4.52. The predicted molar refractivity (Wildman–Crippen MR) is 94.9 cm³/mol. The average Bonchev–Trinajstić information content (AvgIpc) is 2.63. The van der Waals surface area contributed by atoms with Crippen LogP contribution >= 0.6 is 11.6 Å². The van der Waals surface area contributed by atoms with Gasteiger partial charge in [0.1, 0.15) is 0 Å². The van der Waals surface area contributed by atoms with E-state index >= 15 is 0 Å². The van der Waals surface area contributed by atoms with E-state index in [0.717, 1.165) is 29.5 Å². The summed E-state index contributed by atoms with van der Waals surface area (Å²) in [6.45, 7) is 1.32. The van der Waals surface area contributed by atoms with Gasteiger partial charge in [-0.05, 0) is 48.6 Å². The highest BCUT2D eigenvalue weighted by atomic mass is 35.5. The van der Waals surface area contributed by atoms with E-state index in [-0.39, 0.29) is 11.8 Å². The van der Waals surface area contributed by atoms with Crippen LogP contribution in [0.4, 0.5) is 0 Å². The number of amides is 1. The van der Waals surface area contributed by atoms with Crippen LogP contribution in [-0.4, -0.2) is 23.9 Å². The van der Waals surface area contributed by atoms with Crippen LogP contribution < -0.4 is 0 Å². The number of likely N-dealkylation sites (tertiary alicyclic amines) is 1. The van der Waals surface area contributed by atoms with E-state index in [4.69, 9.17) is 16.9 Å². The quantitative estimate of drug-likeness (QED) is 0.837. The van der Waals surface area contributed by atoms with Gasteiger partial charge in [0.15, 0.2) is 0 Å². The monoisotopic (exact) mass is 338 g/mol. The second-order valence-corrected chi connectivity index (χ2v) is 6.59. The van der Waals surface area contributed by atoms with E-state index < -0.39 is 0 Å². The lowest BCUT2D eigenvalue weighted by Crippen LogP contribution is -2.38. The van der Waals surface area contributed by atoms with Gasteiger partial charge in [-0.2, -0.15) is 5.26 Å². The summed E-state index contributed by atoms with van der Waals surface area (Å²) in [4.78, 5) is 14.8. The number of rotatable bonds is 3. The number of carbonyl (C=O) groups excluding carboxylic acids is 1. The van der Waals surface area contributed by atoms with Crippen molar-refractivity contribution in [2.24, 2.45) is 5.92 Å². The lowest BCUT2D eigenvalue weighted by Gasteiger charge is -2.29. The molecule has 0 aliphatic carbocycles. The number of halogens is 1. The van der Waals surface area contributed by atoms with E-state index in [0.29, 0.717) is 24.5 Å². The molecule has 3 nitrogen and oxygen atoms in total. The van der Waals surface area contributed by atoms with Crippen molar-refractivity contribution in [2.75, 3.05) is 13.1 Å². The third-order valence-corrected chi connectivity index (χ3v) is 4.77. The van der Waals surface area contributed by atoms with Gasteiger partial charge in [-0.15, -0.1) is 0 Å². The van der Waals surface area contributed by atoms with Gasteiger partial charge in [0.25, 0.3) is 5.91 Å². The lowest BCUT2D eigenvalue weighted by molar-refractivity contribution is 0.0706. The van der Waals surface area contributed by atoms with Crippen LogP contribution in [0.5, 0.6) is 0 Å². The molecule has 24 heavy (non-hydrogen) atoms. The highest BCUT2D eigenvalue weighted by Gasteiger charge is 2.24. The maximum atomic E-state index is 12.9. The van der Waals surface area contributed by atoms with Crippen molar-refractivity contribution in [1.29, 1.82) is 5.26 Å². The molecule has 0 aromatic heterocycles. The number of hydrogen-bond acceptors (Lipinski definition) is 2. The van der Waals surface area contributed by atoms with Crippen LogP contribution in [0.3, 0.4) is 0 Å². The molecule has 1 amide bonds. The number of hydrogen-bond donors (Lipinski definition) is 0. The van der Waals surface area contributed by atoms with Crippen LogP contribution in [0, 0.1) is 17.2 Å². The first-order valence-electron chi connectivity index (χ1n) is 8.18. The minimum Gasteiger partial charge on any atom is -0.339 e. The normalized spacial score (nSPS) is 15.1. The predicted octanol–water partition coefficient (Wildman–Crippen LogP) is 4.31. The first kappa shape index (κ1) is 16.5. The molecule has 0 N–H and O–H groups in total. The molecule has 1 saturated heterocycles. The topological polar surface area (TPSA) is 44.1 Å². The average molecular weight is 339 g/mol. The van der Waals surface area contributed by atoms with Gasteiger partial charge >= 0.3 is 0 Å². The zero-order valence-corrected chi connectivity index (χ0v) is 14.2. The van der Waals surface area contributed by atoms with Crippen molar-refractivity contribution in [3.63, 3.8) is 0 Å². The van der Waals surface area contributed by atoms with Crippen molar-refractivity contribution < 1.29 is 4.79 Å². The van der Waals surface area contributed by atoms with Crippen LogP contribution in [0.1, 0.15) is 34.3 Å². The fraction of sp³-hybridized carbons (Fsp3) is 0.300. The molecule has 1 heterocycles. The Hall–Kier alpha value is -2.31. The fourth-order valence-corrected chi connectivity index (χ4v) is 3.21. The molecule has 0 unspecified atom stereocenters. The Morgan fingerprint density at radius 2 is 1.79 bits per heavy atom. The number of nitriles is 1.